The number of nitrogens with one attached hydrogen (secondary N) is 1. The molecular formula is C28H31N7O3S. The Kier molecular flexibility index (Phi) is 9.29. The van der Waals surface area contributed by atoms with Crippen molar-refractivity contribution in [1.29, 1.82) is 0 Å². The van der Waals surface area contributed by atoms with Crippen LogP contribution >= 0.6 is 11.3 Å². The number of aromatic nitrogens is 4. The zero-order chi connectivity index (χ0) is 27.8. The molecule has 0 unspecified atom stereocenters. The number of ether oxygens (including phenoxy) is 1. The van der Waals surface area contributed by atoms with Crippen molar-refractivity contribution >= 4 is 34.7 Å². The number of para-hydroxylation sites is 1. The van der Waals surface area contributed by atoms with Gasteiger partial charge in [0.05, 0.1) is 12.3 Å². The van der Waals surface area contributed by atoms with Crippen LogP contribution in [0.5, 0.6) is 0 Å². The van der Waals surface area contributed by atoms with Crippen molar-refractivity contribution in [2.45, 2.75) is 13.8 Å². The summed E-state index contributed by atoms with van der Waals surface area (Å²) in [6.07, 6.45) is 0. The number of likely N-dealkylation sites (N-methyl/N-ethyl adjacent to an activating group) is 2. The Bertz CT molecular complexity index is 1430. The highest BCUT2D eigenvalue weighted by Gasteiger charge is 2.20. The van der Waals surface area contributed by atoms with E-state index in [0.29, 0.717) is 27.9 Å². The molecule has 0 radical (unpaired) electrons. The van der Waals surface area contributed by atoms with E-state index in [1.165, 1.54) is 0 Å². The van der Waals surface area contributed by atoms with Gasteiger partial charge in [-0.05, 0) is 40.1 Å². The monoisotopic (exact) mass is 545 g/mol. The molecule has 0 aliphatic rings. The number of nitrogens with zero attached hydrogens (tertiary/aromatic N) is 6. The molecule has 0 aliphatic carbocycles. The molecule has 0 spiro atoms. The molecule has 2 aromatic heterocycles. The van der Waals surface area contributed by atoms with Gasteiger partial charge in [-0.25, -0.2) is 14.8 Å². The standard InChI is InChI=1S/C28H31N7O3S/c1-5-35(17-16-34(3)4)23-18-22(29-24(31-23)19-12-8-7-9-13-19)25(36)30-21-15-11-10-14-20(21)26-32-33-27(39-26)28(37)38-6-2/h7-15,18H,5-6,16-17H2,1-4H3,(H,30,36). The first kappa shape index (κ1) is 27.8. The molecule has 1 N–H and O–H groups in total. The average Bonchev–Trinajstić information content (AvgIpc) is 3.44. The van der Waals surface area contributed by atoms with Crippen LogP contribution < -0.4 is 10.2 Å². The first-order chi connectivity index (χ1) is 18.9. The van der Waals surface area contributed by atoms with Gasteiger partial charge in [0.25, 0.3) is 5.91 Å². The van der Waals surface area contributed by atoms with E-state index < -0.39 is 5.97 Å². The zero-order valence-corrected chi connectivity index (χ0v) is 23.2. The van der Waals surface area contributed by atoms with Crippen molar-refractivity contribution in [3.8, 4) is 22.0 Å². The van der Waals surface area contributed by atoms with Crippen LogP contribution in [-0.4, -0.2) is 77.3 Å². The predicted octanol–water partition coefficient (Wildman–Crippen LogP) is 4.48. The van der Waals surface area contributed by atoms with Crippen LogP contribution in [0.1, 0.15) is 34.1 Å². The SMILES string of the molecule is CCOC(=O)c1nnc(-c2ccccc2NC(=O)c2cc(N(CC)CCN(C)C)nc(-c3ccccc3)n2)s1. The molecular weight excluding hydrogens is 514 g/mol. The summed E-state index contributed by atoms with van der Waals surface area (Å²) in [6.45, 7) is 6.35. The van der Waals surface area contributed by atoms with Crippen molar-refractivity contribution < 1.29 is 14.3 Å². The van der Waals surface area contributed by atoms with Gasteiger partial charge < -0.3 is 19.9 Å². The minimum Gasteiger partial charge on any atom is -0.461 e. The normalized spacial score (nSPS) is 10.9. The fraction of sp³-hybridized carbons (Fsp3) is 0.286. The second-order valence-electron chi connectivity index (χ2n) is 8.82. The van der Waals surface area contributed by atoms with E-state index >= 15 is 0 Å². The summed E-state index contributed by atoms with van der Waals surface area (Å²) in [7, 11) is 4.04. The molecule has 4 aromatic rings. The minimum atomic E-state index is -0.528. The van der Waals surface area contributed by atoms with Crippen molar-refractivity contribution in [3.63, 3.8) is 0 Å². The lowest BCUT2D eigenvalue weighted by atomic mass is 10.1. The van der Waals surface area contributed by atoms with Gasteiger partial charge >= 0.3 is 5.97 Å². The number of esters is 1. The first-order valence-electron chi connectivity index (χ1n) is 12.6. The largest absolute Gasteiger partial charge is 0.461 e. The number of carbonyl (C=O) groups is 2. The molecule has 0 aliphatic heterocycles. The van der Waals surface area contributed by atoms with Gasteiger partial charge in [-0.1, -0.05) is 53.8 Å². The molecule has 4 rings (SSSR count). The maximum Gasteiger partial charge on any atom is 0.369 e. The molecule has 11 heteroatoms. The second-order valence-corrected chi connectivity index (χ2v) is 9.79. The van der Waals surface area contributed by atoms with Crippen molar-refractivity contribution in [3.05, 3.63) is 71.4 Å². The molecule has 0 fully saturated rings. The van der Waals surface area contributed by atoms with Gasteiger partial charge in [-0.2, -0.15) is 0 Å². The molecule has 202 valence electrons. The lowest BCUT2D eigenvalue weighted by molar-refractivity contribution is 0.0525. The summed E-state index contributed by atoms with van der Waals surface area (Å²) >= 11 is 1.10. The second kappa shape index (κ2) is 13.0. The molecule has 0 atom stereocenters. The van der Waals surface area contributed by atoms with Gasteiger partial charge in [0, 0.05) is 36.8 Å². The number of benzene rings is 2. The fourth-order valence-corrected chi connectivity index (χ4v) is 4.53. The molecule has 2 heterocycles. The lowest BCUT2D eigenvalue weighted by Crippen LogP contribution is -2.32. The Balaban J connectivity index is 1.67. The molecule has 0 saturated heterocycles. The summed E-state index contributed by atoms with van der Waals surface area (Å²) in [5.74, 6) is 0.231. The number of amides is 1. The van der Waals surface area contributed by atoms with E-state index in [4.69, 9.17) is 9.72 Å². The van der Waals surface area contributed by atoms with Crippen LogP contribution in [0.15, 0.2) is 60.7 Å². The van der Waals surface area contributed by atoms with E-state index in [1.54, 1.807) is 19.1 Å². The topological polar surface area (TPSA) is 113 Å². The highest BCUT2D eigenvalue weighted by atomic mass is 32.1. The van der Waals surface area contributed by atoms with Crippen molar-refractivity contribution in [2.24, 2.45) is 0 Å². The Morgan fingerprint density at radius 3 is 2.41 bits per heavy atom. The number of anilines is 2. The van der Waals surface area contributed by atoms with Crippen LogP contribution in [0, 0.1) is 0 Å². The number of rotatable bonds is 11. The third-order valence-corrected chi connectivity index (χ3v) is 6.72. The number of carbonyl (C=O) groups excluding carboxylic acids is 2. The van der Waals surface area contributed by atoms with E-state index in [0.717, 1.165) is 36.5 Å². The van der Waals surface area contributed by atoms with E-state index in [1.807, 2.05) is 62.6 Å². The van der Waals surface area contributed by atoms with Crippen LogP contribution in [0.3, 0.4) is 0 Å². The lowest BCUT2D eigenvalue weighted by Gasteiger charge is -2.24. The van der Waals surface area contributed by atoms with Crippen LogP contribution in [0.2, 0.25) is 0 Å². The quantitative estimate of drug-likeness (QED) is 0.273. The molecule has 0 saturated carbocycles. The highest BCUT2D eigenvalue weighted by molar-refractivity contribution is 7.16. The van der Waals surface area contributed by atoms with E-state index in [9.17, 15) is 9.59 Å². The van der Waals surface area contributed by atoms with E-state index in [-0.39, 0.29) is 23.2 Å². The van der Waals surface area contributed by atoms with Crippen LogP contribution in [0.25, 0.3) is 22.0 Å². The average molecular weight is 546 g/mol. The van der Waals surface area contributed by atoms with Crippen molar-refractivity contribution in [2.75, 3.05) is 50.6 Å². The summed E-state index contributed by atoms with van der Waals surface area (Å²) in [6, 6.07) is 18.5. The third-order valence-electron chi connectivity index (χ3n) is 5.78. The molecule has 10 nitrogen and oxygen atoms in total. The smallest absolute Gasteiger partial charge is 0.369 e. The van der Waals surface area contributed by atoms with Gasteiger partial charge in [0.1, 0.15) is 16.5 Å². The summed E-state index contributed by atoms with van der Waals surface area (Å²) in [4.78, 5) is 39.3. The van der Waals surface area contributed by atoms with Gasteiger partial charge in [-0.15, -0.1) is 10.2 Å². The molecule has 0 bridgehead atoms. The number of hydrogen-bond acceptors (Lipinski definition) is 10. The van der Waals surface area contributed by atoms with Gasteiger partial charge in [-0.3, -0.25) is 4.79 Å². The first-order valence-corrected chi connectivity index (χ1v) is 13.5. The Hall–Kier alpha value is -4.22. The Morgan fingerprint density at radius 2 is 1.69 bits per heavy atom. The Labute approximate surface area is 231 Å². The molecule has 2 aromatic carbocycles. The van der Waals surface area contributed by atoms with Gasteiger partial charge in [0.2, 0.25) is 5.01 Å². The zero-order valence-electron chi connectivity index (χ0n) is 22.4. The molecule has 39 heavy (non-hydrogen) atoms. The fourth-order valence-electron chi connectivity index (χ4n) is 3.76. The van der Waals surface area contributed by atoms with Crippen LogP contribution in [-0.2, 0) is 4.74 Å². The van der Waals surface area contributed by atoms with Crippen molar-refractivity contribution in [1.82, 2.24) is 25.1 Å². The number of hydrogen-bond donors (Lipinski definition) is 1. The highest BCUT2D eigenvalue weighted by Crippen LogP contribution is 2.31. The maximum absolute atomic E-state index is 13.6. The maximum atomic E-state index is 13.6. The summed E-state index contributed by atoms with van der Waals surface area (Å²) in [5, 5.41) is 11.7. The third kappa shape index (κ3) is 7.01. The summed E-state index contributed by atoms with van der Waals surface area (Å²) in [5.41, 5.74) is 2.22. The van der Waals surface area contributed by atoms with E-state index in [2.05, 4.69) is 37.2 Å². The van der Waals surface area contributed by atoms with Crippen LogP contribution in [0.4, 0.5) is 11.5 Å². The minimum absolute atomic E-state index is 0.151. The summed E-state index contributed by atoms with van der Waals surface area (Å²) < 4.78 is 5.03. The predicted molar refractivity (Wildman–Crippen MR) is 153 cm³/mol. The molecule has 1 amide bonds. The van der Waals surface area contributed by atoms with Gasteiger partial charge in [0.15, 0.2) is 5.82 Å². The Morgan fingerprint density at radius 1 is 0.949 bits per heavy atom.